The minimum absolute atomic E-state index is 0.0142. The molecule has 1 amide bonds. The normalized spacial score (nSPS) is 18.5. The number of benzene rings is 1. The first-order chi connectivity index (χ1) is 17.7. The van der Waals surface area contributed by atoms with Crippen LogP contribution in [0.25, 0.3) is 23.0 Å². The highest BCUT2D eigenvalue weighted by atomic mass is 16.2. The van der Waals surface area contributed by atoms with E-state index in [1.807, 2.05) is 55.6 Å². The lowest BCUT2D eigenvalue weighted by atomic mass is 9.70. The highest BCUT2D eigenvalue weighted by molar-refractivity contribution is 5.91. The zero-order valence-corrected chi connectivity index (χ0v) is 23.2. The Hall–Kier alpha value is -3.22. The van der Waals surface area contributed by atoms with E-state index in [4.69, 9.17) is 10.1 Å². The molecule has 0 radical (unpaired) electrons. The number of carbonyl (C=O) groups excluding carboxylic acids is 1. The molecule has 0 aliphatic heterocycles. The van der Waals surface area contributed by atoms with Crippen molar-refractivity contribution in [1.82, 2.24) is 24.5 Å². The summed E-state index contributed by atoms with van der Waals surface area (Å²) in [4.78, 5) is 35.3. The van der Waals surface area contributed by atoms with Crippen molar-refractivity contribution < 1.29 is 4.79 Å². The lowest BCUT2D eigenvalue weighted by Crippen LogP contribution is -2.28. The highest BCUT2D eigenvalue weighted by Crippen LogP contribution is 2.43. The number of aryl methyl sites for hydroxylation is 1. The lowest BCUT2D eigenvalue weighted by molar-refractivity contribution is -0.125. The average Bonchev–Trinajstić information content (AvgIpc) is 3.27. The molecule has 2 aromatic heterocycles. The third kappa shape index (κ3) is 5.71. The molecule has 37 heavy (non-hydrogen) atoms. The van der Waals surface area contributed by atoms with Gasteiger partial charge in [0.2, 0.25) is 5.91 Å². The van der Waals surface area contributed by atoms with Crippen LogP contribution in [0.15, 0.2) is 35.1 Å². The largest absolute Gasteiger partial charge is 0.340 e. The maximum Gasteiger partial charge on any atom is 0.277 e. The van der Waals surface area contributed by atoms with Crippen molar-refractivity contribution >= 4 is 17.5 Å². The number of carbonyl (C=O) groups is 1. The minimum Gasteiger partial charge on any atom is -0.340 e. The number of imidazole rings is 1. The molecule has 0 unspecified atom stereocenters. The SMILES string of the molecule is CCc1nc(C2CCC(C(C)(C)C)CC2)n2nc(-c3cccc(/C=C/C(=O)N(CC)CC)c3)[nH]c(=O)c12. The molecule has 3 aromatic rings. The number of amides is 1. The van der Waals surface area contributed by atoms with Crippen molar-refractivity contribution in [2.24, 2.45) is 11.3 Å². The van der Waals surface area contributed by atoms with E-state index in [0.29, 0.717) is 48.1 Å². The number of rotatable bonds is 7. The molecule has 1 fully saturated rings. The Kier molecular flexibility index (Phi) is 8.00. The predicted octanol–water partition coefficient (Wildman–Crippen LogP) is 5.85. The molecular formula is C30H41N5O2. The first-order valence-corrected chi connectivity index (χ1v) is 13.7. The van der Waals surface area contributed by atoms with Crippen LogP contribution in [0.4, 0.5) is 0 Å². The van der Waals surface area contributed by atoms with Gasteiger partial charge in [-0.25, -0.2) is 9.50 Å². The molecule has 198 valence electrons. The molecule has 4 rings (SSSR count). The topological polar surface area (TPSA) is 83.4 Å². The Balaban J connectivity index is 1.68. The van der Waals surface area contributed by atoms with Crippen LogP contribution in [-0.4, -0.2) is 43.5 Å². The standard InChI is InChI=1S/C30H41N5O2/c1-7-24-26-29(37)32-27(22-12-10-11-20(19-22)13-18-25(36)34(8-2)9-3)33-35(26)28(31-24)21-14-16-23(17-15-21)30(4,5)6/h10-13,18-19,21,23H,7-9,14-17H2,1-6H3,(H,32,33,37)/b18-13+. The zero-order chi connectivity index (χ0) is 26.7. The van der Waals surface area contributed by atoms with Crippen molar-refractivity contribution in [3.05, 3.63) is 57.8 Å². The molecule has 1 N–H and O–H groups in total. The maximum atomic E-state index is 13.3. The van der Waals surface area contributed by atoms with Gasteiger partial charge in [0.1, 0.15) is 5.82 Å². The summed E-state index contributed by atoms with van der Waals surface area (Å²) in [5.74, 6) is 2.41. The van der Waals surface area contributed by atoms with E-state index in [9.17, 15) is 9.59 Å². The van der Waals surface area contributed by atoms with Crippen LogP contribution < -0.4 is 5.56 Å². The second-order valence-corrected chi connectivity index (χ2v) is 11.2. The molecule has 1 aliphatic carbocycles. The summed E-state index contributed by atoms with van der Waals surface area (Å²) in [6.07, 6.45) is 8.56. The van der Waals surface area contributed by atoms with Gasteiger partial charge in [-0.3, -0.25) is 9.59 Å². The third-order valence-corrected chi connectivity index (χ3v) is 7.90. The zero-order valence-electron chi connectivity index (χ0n) is 23.2. The van der Waals surface area contributed by atoms with E-state index >= 15 is 0 Å². The Labute approximate surface area is 220 Å². The van der Waals surface area contributed by atoms with E-state index in [1.54, 1.807) is 11.0 Å². The highest BCUT2D eigenvalue weighted by Gasteiger charge is 2.32. The first kappa shape index (κ1) is 26.8. The smallest absolute Gasteiger partial charge is 0.277 e. The number of likely N-dealkylation sites (N-methyl/N-ethyl adjacent to an activating group) is 1. The molecule has 0 bridgehead atoms. The van der Waals surface area contributed by atoms with Gasteiger partial charge < -0.3 is 9.88 Å². The van der Waals surface area contributed by atoms with E-state index < -0.39 is 0 Å². The van der Waals surface area contributed by atoms with Crippen LogP contribution in [0.5, 0.6) is 0 Å². The van der Waals surface area contributed by atoms with Crippen LogP contribution >= 0.6 is 0 Å². The minimum atomic E-state index is -0.165. The summed E-state index contributed by atoms with van der Waals surface area (Å²) in [7, 11) is 0. The molecule has 1 saturated carbocycles. The van der Waals surface area contributed by atoms with Gasteiger partial charge in [0.15, 0.2) is 11.3 Å². The molecule has 1 aliphatic rings. The number of hydrogen-bond acceptors (Lipinski definition) is 4. The Bertz CT molecular complexity index is 1330. The van der Waals surface area contributed by atoms with E-state index in [0.717, 1.165) is 35.5 Å². The number of fused-ring (bicyclic) bond motifs is 1. The van der Waals surface area contributed by atoms with Gasteiger partial charge in [0.05, 0.1) is 5.69 Å². The molecule has 7 nitrogen and oxygen atoms in total. The van der Waals surface area contributed by atoms with Crippen LogP contribution in [0.2, 0.25) is 0 Å². The van der Waals surface area contributed by atoms with Gasteiger partial charge in [-0.2, -0.15) is 0 Å². The van der Waals surface area contributed by atoms with Crippen LogP contribution in [-0.2, 0) is 11.2 Å². The summed E-state index contributed by atoms with van der Waals surface area (Å²) in [6, 6.07) is 7.74. The van der Waals surface area contributed by atoms with Crippen molar-refractivity contribution in [1.29, 1.82) is 0 Å². The number of hydrogen-bond donors (Lipinski definition) is 1. The molecular weight excluding hydrogens is 462 g/mol. The molecule has 0 saturated heterocycles. The average molecular weight is 504 g/mol. The fraction of sp³-hybridized carbons (Fsp3) is 0.533. The molecule has 0 spiro atoms. The summed E-state index contributed by atoms with van der Waals surface area (Å²) in [6.45, 7) is 14.3. The van der Waals surface area contributed by atoms with Crippen molar-refractivity contribution in [3.8, 4) is 11.4 Å². The molecule has 1 aromatic carbocycles. The number of nitrogens with one attached hydrogen (secondary N) is 1. The quantitative estimate of drug-likeness (QED) is 0.410. The van der Waals surface area contributed by atoms with E-state index in [1.165, 1.54) is 12.8 Å². The maximum absolute atomic E-state index is 13.3. The second-order valence-electron chi connectivity index (χ2n) is 11.2. The predicted molar refractivity (Wildman–Crippen MR) is 150 cm³/mol. The van der Waals surface area contributed by atoms with Gasteiger partial charge in [0.25, 0.3) is 5.56 Å². The van der Waals surface area contributed by atoms with Gasteiger partial charge in [-0.05, 0) is 75.0 Å². The fourth-order valence-corrected chi connectivity index (χ4v) is 5.55. The van der Waals surface area contributed by atoms with Gasteiger partial charge in [0, 0.05) is 30.6 Å². The summed E-state index contributed by atoms with van der Waals surface area (Å²) >= 11 is 0. The number of aromatic amines is 1. The van der Waals surface area contributed by atoms with E-state index in [-0.39, 0.29) is 11.5 Å². The first-order valence-electron chi connectivity index (χ1n) is 13.7. The monoisotopic (exact) mass is 503 g/mol. The number of H-pyrrole nitrogens is 1. The van der Waals surface area contributed by atoms with Crippen molar-refractivity contribution in [2.75, 3.05) is 13.1 Å². The van der Waals surface area contributed by atoms with Crippen molar-refractivity contribution in [3.63, 3.8) is 0 Å². The van der Waals surface area contributed by atoms with Crippen molar-refractivity contribution in [2.45, 2.75) is 79.6 Å². The summed E-state index contributed by atoms with van der Waals surface area (Å²) in [5, 5.41) is 4.91. The van der Waals surface area contributed by atoms with Crippen LogP contribution in [0, 0.1) is 11.3 Å². The second kappa shape index (κ2) is 11.0. The lowest BCUT2D eigenvalue weighted by Gasteiger charge is -2.36. The Morgan fingerprint density at radius 2 is 1.84 bits per heavy atom. The third-order valence-electron chi connectivity index (χ3n) is 7.90. The van der Waals surface area contributed by atoms with Gasteiger partial charge >= 0.3 is 0 Å². The number of nitrogens with zero attached hydrogens (tertiary/aromatic N) is 4. The number of aromatic nitrogens is 4. The van der Waals surface area contributed by atoms with Gasteiger partial charge in [-0.1, -0.05) is 45.9 Å². The molecule has 2 heterocycles. The van der Waals surface area contributed by atoms with Crippen LogP contribution in [0.1, 0.15) is 90.2 Å². The van der Waals surface area contributed by atoms with Crippen LogP contribution in [0.3, 0.4) is 0 Å². The summed E-state index contributed by atoms with van der Waals surface area (Å²) < 4.78 is 1.81. The van der Waals surface area contributed by atoms with E-state index in [2.05, 4.69) is 25.8 Å². The summed E-state index contributed by atoms with van der Waals surface area (Å²) in [5.41, 5.74) is 3.18. The van der Waals surface area contributed by atoms with Gasteiger partial charge in [-0.15, -0.1) is 5.10 Å². The fourth-order valence-electron chi connectivity index (χ4n) is 5.55. The Morgan fingerprint density at radius 1 is 1.14 bits per heavy atom. The Morgan fingerprint density at radius 3 is 2.46 bits per heavy atom. The molecule has 0 atom stereocenters. The molecule has 7 heteroatoms.